The van der Waals surface area contributed by atoms with E-state index in [4.69, 9.17) is 9.47 Å². The summed E-state index contributed by atoms with van der Waals surface area (Å²) in [5.41, 5.74) is 0. The molecule has 16 heavy (non-hydrogen) atoms. The molecule has 0 bridgehead atoms. The maximum Gasteiger partial charge on any atom is 0.163 e. The average Bonchev–Trinajstić information content (AvgIpc) is 2.55. The Morgan fingerprint density at radius 2 is 1.88 bits per heavy atom. The maximum absolute atomic E-state index is 5.81. The summed E-state index contributed by atoms with van der Waals surface area (Å²) >= 11 is 4.10. The van der Waals surface area contributed by atoms with Crippen molar-refractivity contribution in [3.05, 3.63) is 0 Å². The van der Waals surface area contributed by atoms with Crippen LogP contribution >= 0.6 is 23.5 Å². The van der Waals surface area contributed by atoms with Gasteiger partial charge < -0.3 is 9.47 Å². The van der Waals surface area contributed by atoms with E-state index in [9.17, 15) is 0 Å². The highest BCUT2D eigenvalue weighted by Crippen LogP contribution is 2.31. The molecule has 1 aliphatic rings. The fourth-order valence-corrected chi connectivity index (χ4v) is 4.36. The zero-order chi connectivity index (χ0) is 12.0. The van der Waals surface area contributed by atoms with Gasteiger partial charge in [-0.2, -0.15) is 0 Å². The minimum Gasteiger partial charge on any atom is -0.348 e. The summed E-state index contributed by atoms with van der Waals surface area (Å²) < 4.78 is 12.1. The summed E-state index contributed by atoms with van der Waals surface area (Å²) in [6, 6.07) is 0. The predicted molar refractivity (Wildman–Crippen MR) is 74.2 cm³/mol. The van der Waals surface area contributed by atoms with Gasteiger partial charge in [-0.25, -0.2) is 0 Å². The summed E-state index contributed by atoms with van der Waals surface area (Å²) in [4.78, 5) is 0. The molecule has 2 nitrogen and oxygen atoms in total. The van der Waals surface area contributed by atoms with Crippen LogP contribution in [0.15, 0.2) is 0 Å². The van der Waals surface area contributed by atoms with E-state index in [0.717, 1.165) is 17.6 Å². The highest BCUT2D eigenvalue weighted by molar-refractivity contribution is 8.16. The van der Waals surface area contributed by atoms with Gasteiger partial charge in [0, 0.05) is 0 Å². The van der Waals surface area contributed by atoms with Crippen molar-refractivity contribution in [1.82, 2.24) is 0 Å². The van der Waals surface area contributed by atoms with Crippen molar-refractivity contribution in [2.45, 2.75) is 57.0 Å². The van der Waals surface area contributed by atoms with E-state index in [1.165, 1.54) is 17.9 Å². The molecule has 0 aromatic carbocycles. The molecule has 1 rings (SSSR count). The summed E-state index contributed by atoms with van der Waals surface area (Å²) in [7, 11) is 0. The third-order valence-corrected chi connectivity index (χ3v) is 5.19. The van der Waals surface area contributed by atoms with Gasteiger partial charge in [0.2, 0.25) is 0 Å². The highest BCUT2D eigenvalue weighted by Gasteiger charge is 2.32. The van der Waals surface area contributed by atoms with E-state index in [1.807, 2.05) is 13.8 Å². The van der Waals surface area contributed by atoms with Crippen molar-refractivity contribution < 1.29 is 9.47 Å². The molecule has 1 fully saturated rings. The largest absolute Gasteiger partial charge is 0.348 e. The molecule has 1 atom stereocenters. The topological polar surface area (TPSA) is 18.5 Å². The average molecular weight is 264 g/mol. The molecule has 0 N–H and O–H groups in total. The van der Waals surface area contributed by atoms with Crippen LogP contribution in [0, 0.1) is 0 Å². The lowest BCUT2D eigenvalue weighted by atomic mass is 10.2. The van der Waals surface area contributed by atoms with E-state index >= 15 is 0 Å². The molecule has 96 valence electrons. The maximum atomic E-state index is 5.81. The van der Waals surface area contributed by atoms with Crippen molar-refractivity contribution in [2.75, 3.05) is 18.1 Å². The number of rotatable bonds is 7. The summed E-state index contributed by atoms with van der Waals surface area (Å²) in [6.45, 7) is 9.20. The summed E-state index contributed by atoms with van der Waals surface area (Å²) in [6.07, 6.45) is 2.64. The highest BCUT2D eigenvalue weighted by atomic mass is 32.2. The summed E-state index contributed by atoms with van der Waals surface area (Å²) in [5, 5.41) is 0. The molecular formula is C12H24O2S2. The van der Waals surface area contributed by atoms with E-state index in [-0.39, 0.29) is 5.79 Å². The minimum atomic E-state index is -0.365. The molecule has 0 aromatic heterocycles. The van der Waals surface area contributed by atoms with E-state index in [1.54, 1.807) is 0 Å². The fraction of sp³-hybridized carbons (Fsp3) is 1.00. The van der Waals surface area contributed by atoms with Crippen LogP contribution in [0.25, 0.3) is 0 Å². The van der Waals surface area contributed by atoms with Gasteiger partial charge in [-0.05, 0) is 38.2 Å². The molecule has 0 amide bonds. The first-order valence-electron chi connectivity index (χ1n) is 6.12. The molecule has 0 aliphatic carbocycles. The van der Waals surface area contributed by atoms with E-state index < -0.39 is 0 Å². The second-order valence-electron chi connectivity index (χ2n) is 4.37. The van der Waals surface area contributed by atoms with Gasteiger partial charge in [-0.3, -0.25) is 0 Å². The van der Waals surface area contributed by atoms with E-state index in [2.05, 4.69) is 37.4 Å². The van der Waals surface area contributed by atoms with Gasteiger partial charge in [-0.15, -0.1) is 23.5 Å². The molecule has 4 heteroatoms. The third kappa shape index (κ3) is 5.30. The lowest BCUT2D eigenvalue weighted by Crippen LogP contribution is -2.21. The predicted octanol–water partition coefficient (Wildman–Crippen LogP) is 3.75. The van der Waals surface area contributed by atoms with Crippen LogP contribution in [-0.4, -0.2) is 34.6 Å². The lowest BCUT2D eigenvalue weighted by molar-refractivity contribution is -0.138. The van der Waals surface area contributed by atoms with Gasteiger partial charge >= 0.3 is 0 Å². The van der Waals surface area contributed by atoms with Crippen LogP contribution in [0.2, 0.25) is 0 Å². The first kappa shape index (κ1) is 14.7. The van der Waals surface area contributed by atoms with Gasteiger partial charge in [0.15, 0.2) is 5.79 Å². The number of hydrogen-bond acceptors (Lipinski definition) is 4. The summed E-state index contributed by atoms with van der Waals surface area (Å²) in [5.74, 6) is 2.03. The Hall–Kier alpha value is 0.620. The van der Waals surface area contributed by atoms with Crippen molar-refractivity contribution in [1.29, 1.82) is 0 Å². The van der Waals surface area contributed by atoms with E-state index in [0.29, 0.717) is 6.10 Å². The molecule has 0 radical (unpaired) electrons. The molecule has 1 heterocycles. The van der Waals surface area contributed by atoms with Crippen LogP contribution in [-0.2, 0) is 9.47 Å². The van der Waals surface area contributed by atoms with Crippen LogP contribution in [0.4, 0.5) is 0 Å². The number of ether oxygens (including phenoxy) is 2. The fourth-order valence-electron chi connectivity index (χ4n) is 1.81. The Balaban J connectivity index is 2.22. The third-order valence-electron chi connectivity index (χ3n) is 2.50. The second kappa shape index (κ2) is 7.14. The molecule has 0 aromatic rings. The molecule has 1 aliphatic heterocycles. The Kier molecular flexibility index (Phi) is 6.55. The Morgan fingerprint density at radius 3 is 2.31 bits per heavy atom. The van der Waals surface area contributed by atoms with Crippen LogP contribution in [0.1, 0.15) is 40.5 Å². The SMILES string of the molecule is CCSC(CCC1COC(C)(C)O1)SCC. The Morgan fingerprint density at radius 1 is 1.25 bits per heavy atom. The van der Waals surface area contributed by atoms with Gasteiger partial charge in [0.25, 0.3) is 0 Å². The van der Waals surface area contributed by atoms with Gasteiger partial charge in [0.1, 0.15) is 0 Å². The van der Waals surface area contributed by atoms with Crippen LogP contribution in [0.5, 0.6) is 0 Å². The standard InChI is InChI=1S/C12H24O2S2/c1-5-15-11(16-6-2)8-7-10-9-13-12(3,4)14-10/h10-11H,5-9H2,1-4H3. The minimum absolute atomic E-state index is 0.299. The lowest BCUT2D eigenvalue weighted by Gasteiger charge is -2.19. The van der Waals surface area contributed by atoms with Gasteiger partial charge in [0.05, 0.1) is 17.3 Å². The quantitative estimate of drug-likeness (QED) is 0.652. The van der Waals surface area contributed by atoms with Crippen molar-refractivity contribution in [3.8, 4) is 0 Å². The van der Waals surface area contributed by atoms with Crippen LogP contribution in [0.3, 0.4) is 0 Å². The zero-order valence-corrected chi connectivity index (χ0v) is 12.5. The molecule has 1 unspecified atom stereocenters. The van der Waals surface area contributed by atoms with Crippen molar-refractivity contribution in [2.24, 2.45) is 0 Å². The molecular weight excluding hydrogens is 240 g/mol. The van der Waals surface area contributed by atoms with Gasteiger partial charge in [-0.1, -0.05) is 13.8 Å². The smallest absolute Gasteiger partial charge is 0.163 e. The molecule has 1 saturated heterocycles. The Labute approximate surface area is 108 Å². The van der Waals surface area contributed by atoms with Crippen LogP contribution < -0.4 is 0 Å². The van der Waals surface area contributed by atoms with Crippen molar-refractivity contribution >= 4 is 23.5 Å². The Bertz CT molecular complexity index is 189. The number of thioether (sulfide) groups is 2. The second-order valence-corrected chi connectivity index (χ2v) is 7.63. The van der Waals surface area contributed by atoms with Crippen molar-refractivity contribution in [3.63, 3.8) is 0 Å². The first-order chi connectivity index (χ1) is 7.57. The monoisotopic (exact) mass is 264 g/mol. The first-order valence-corrected chi connectivity index (χ1v) is 8.22. The molecule has 0 spiro atoms. The zero-order valence-electron chi connectivity index (χ0n) is 10.8. The number of hydrogen-bond donors (Lipinski definition) is 0. The molecule has 0 saturated carbocycles. The normalized spacial score (nSPS) is 24.2.